The van der Waals surface area contributed by atoms with Crippen molar-refractivity contribution in [1.82, 2.24) is 9.80 Å². The molecule has 114 valence electrons. The number of hydrogen-bond acceptors (Lipinski definition) is 3. The number of benzene rings is 1. The summed E-state index contributed by atoms with van der Waals surface area (Å²) in [5, 5.41) is 0. The van der Waals surface area contributed by atoms with Crippen LogP contribution in [0.4, 0.5) is 4.39 Å². The molecule has 0 aromatic heterocycles. The molecule has 21 heavy (non-hydrogen) atoms. The third-order valence-electron chi connectivity index (χ3n) is 3.59. The molecule has 0 spiro atoms. The Balaban J connectivity index is 2.05. The van der Waals surface area contributed by atoms with Crippen molar-refractivity contribution < 1.29 is 14.0 Å². The number of rotatable bonds is 2. The van der Waals surface area contributed by atoms with Crippen LogP contribution in [0.5, 0.6) is 0 Å². The maximum absolute atomic E-state index is 13.7. The van der Waals surface area contributed by atoms with Gasteiger partial charge in [0.2, 0.25) is 5.91 Å². The van der Waals surface area contributed by atoms with Gasteiger partial charge in [0, 0.05) is 26.2 Å². The summed E-state index contributed by atoms with van der Waals surface area (Å²) in [5.74, 6) is -0.964. The van der Waals surface area contributed by atoms with Gasteiger partial charge in [0.25, 0.3) is 5.91 Å². The van der Waals surface area contributed by atoms with Crippen molar-refractivity contribution in [2.24, 2.45) is 5.73 Å². The zero-order valence-corrected chi connectivity index (χ0v) is 12.1. The zero-order valence-electron chi connectivity index (χ0n) is 12.1. The molecule has 2 amide bonds. The van der Waals surface area contributed by atoms with Gasteiger partial charge in [0.05, 0.1) is 11.6 Å². The van der Waals surface area contributed by atoms with Crippen LogP contribution in [0, 0.1) is 5.82 Å². The lowest BCUT2D eigenvalue weighted by Gasteiger charge is -2.23. The minimum absolute atomic E-state index is 0.0736. The maximum Gasteiger partial charge on any atom is 0.256 e. The number of nitrogens with two attached hydrogens (primary N) is 1. The fourth-order valence-corrected chi connectivity index (χ4v) is 2.43. The van der Waals surface area contributed by atoms with E-state index in [1.54, 1.807) is 28.9 Å². The summed E-state index contributed by atoms with van der Waals surface area (Å²) in [6, 6.07) is 5.40. The molecule has 0 radical (unpaired) electrons. The second-order valence-corrected chi connectivity index (χ2v) is 5.24. The van der Waals surface area contributed by atoms with E-state index in [1.165, 1.54) is 12.1 Å². The Labute approximate surface area is 123 Å². The van der Waals surface area contributed by atoms with Gasteiger partial charge >= 0.3 is 0 Å². The van der Waals surface area contributed by atoms with Gasteiger partial charge in [-0.25, -0.2) is 4.39 Å². The first-order valence-electron chi connectivity index (χ1n) is 7.09. The normalized spacial score (nSPS) is 17.3. The number of hydrogen-bond donors (Lipinski definition) is 1. The van der Waals surface area contributed by atoms with Crippen LogP contribution in [0.1, 0.15) is 23.7 Å². The number of carbonyl (C=O) groups excluding carboxylic acids is 2. The maximum atomic E-state index is 13.7. The average Bonchev–Trinajstić information content (AvgIpc) is 2.72. The SMILES string of the molecule is C[C@H](N)C(=O)N1CCCN(C(=O)c2ccccc2F)CC1. The monoisotopic (exact) mass is 293 g/mol. The lowest BCUT2D eigenvalue weighted by atomic mass is 10.2. The lowest BCUT2D eigenvalue weighted by Crippen LogP contribution is -2.44. The standard InChI is InChI=1S/C15H20FN3O2/c1-11(17)14(20)18-7-4-8-19(10-9-18)15(21)12-5-2-3-6-13(12)16/h2-3,5-6,11H,4,7-10,17H2,1H3/t11-/m0/s1. The molecule has 0 aliphatic carbocycles. The van der Waals surface area contributed by atoms with Crippen LogP contribution in [0.15, 0.2) is 24.3 Å². The second-order valence-electron chi connectivity index (χ2n) is 5.24. The molecule has 0 saturated carbocycles. The molecule has 1 aromatic carbocycles. The summed E-state index contributed by atoms with van der Waals surface area (Å²) in [6.45, 7) is 3.55. The summed E-state index contributed by atoms with van der Waals surface area (Å²) >= 11 is 0. The van der Waals surface area contributed by atoms with Crippen molar-refractivity contribution in [3.63, 3.8) is 0 Å². The lowest BCUT2D eigenvalue weighted by molar-refractivity contribution is -0.132. The number of nitrogens with zero attached hydrogens (tertiary/aromatic N) is 2. The van der Waals surface area contributed by atoms with Crippen molar-refractivity contribution >= 4 is 11.8 Å². The quantitative estimate of drug-likeness (QED) is 0.879. The van der Waals surface area contributed by atoms with Crippen LogP contribution in [0.25, 0.3) is 0 Å². The summed E-state index contributed by atoms with van der Waals surface area (Å²) in [4.78, 5) is 27.5. The predicted octanol–water partition coefficient (Wildman–Crippen LogP) is 0.847. The van der Waals surface area contributed by atoms with Gasteiger partial charge in [0.15, 0.2) is 0 Å². The number of carbonyl (C=O) groups is 2. The van der Waals surface area contributed by atoms with Crippen molar-refractivity contribution in [3.8, 4) is 0 Å². The summed E-state index contributed by atoms with van der Waals surface area (Å²) in [5.41, 5.74) is 5.68. The van der Waals surface area contributed by atoms with E-state index in [-0.39, 0.29) is 17.4 Å². The number of halogens is 1. The largest absolute Gasteiger partial charge is 0.340 e. The fourth-order valence-electron chi connectivity index (χ4n) is 2.43. The van der Waals surface area contributed by atoms with Crippen LogP contribution in [-0.4, -0.2) is 53.8 Å². The van der Waals surface area contributed by atoms with E-state index in [0.29, 0.717) is 32.6 Å². The Morgan fingerprint density at radius 2 is 1.76 bits per heavy atom. The molecule has 1 aliphatic heterocycles. The highest BCUT2D eigenvalue weighted by Crippen LogP contribution is 2.13. The van der Waals surface area contributed by atoms with Gasteiger partial charge in [-0.1, -0.05) is 12.1 Å². The fraction of sp³-hybridized carbons (Fsp3) is 0.467. The van der Waals surface area contributed by atoms with E-state index in [0.717, 1.165) is 0 Å². The second kappa shape index (κ2) is 6.67. The van der Waals surface area contributed by atoms with Crippen molar-refractivity contribution in [2.45, 2.75) is 19.4 Å². The van der Waals surface area contributed by atoms with Gasteiger partial charge in [-0.3, -0.25) is 9.59 Å². The minimum Gasteiger partial charge on any atom is -0.340 e. The first kappa shape index (κ1) is 15.4. The van der Waals surface area contributed by atoms with E-state index in [4.69, 9.17) is 5.73 Å². The third-order valence-corrected chi connectivity index (χ3v) is 3.59. The Bertz CT molecular complexity index is 533. The van der Waals surface area contributed by atoms with Gasteiger partial charge in [0.1, 0.15) is 5.82 Å². The Morgan fingerprint density at radius 1 is 1.14 bits per heavy atom. The highest BCUT2D eigenvalue weighted by molar-refractivity contribution is 5.94. The summed E-state index contributed by atoms with van der Waals surface area (Å²) in [6.07, 6.45) is 0.665. The Morgan fingerprint density at radius 3 is 2.43 bits per heavy atom. The molecule has 5 nitrogen and oxygen atoms in total. The van der Waals surface area contributed by atoms with Gasteiger partial charge < -0.3 is 15.5 Å². The third kappa shape index (κ3) is 3.58. The van der Waals surface area contributed by atoms with Crippen molar-refractivity contribution in [3.05, 3.63) is 35.6 Å². The smallest absolute Gasteiger partial charge is 0.256 e. The topological polar surface area (TPSA) is 66.6 Å². The van der Waals surface area contributed by atoms with Crippen LogP contribution < -0.4 is 5.73 Å². The molecule has 1 atom stereocenters. The van der Waals surface area contributed by atoms with Crippen LogP contribution in [-0.2, 0) is 4.79 Å². The first-order valence-corrected chi connectivity index (χ1v) is 7.09. The molecule has 1 fully saturated rings. The predicted molar refractivity (Wildman–Crippen MR) is 77.1 cm³/mol. The van der Waals surface area contributed by atoms with Crippen molar-refractivity contribution in [1.29, 1.82) is 0 Å². The van der Waals surface area contributed by atoms with E-state index < -0.39 is 11.9 Å². The molecule has 1 saturated heterocycles. The summed E-state index contributed by atoms with van der Waals surface area (Å²) < 4.78 is 13.7. The molecular formula is C15H20FN3O2. The summed E-state index contributed by atoms with van der Waals surface area (Å²) in [7, 11) is 0. The molecule has 6 heteroatoms. The highest BCUT2D eigenvalue weighted by atomic mass is 19.1. The highest BCUT2D eigenvalue weighted by Gasteiger charge is 2.25. The van der Waals surface area contributed by atoms with E-state index in [1.807, 2.05) is 0 Å². The van der Waals surface area contributed by atoms with Crippen LogP contribution in [0.3, 0.4) is 0 Å². The Hall–Kier alpha value is -1.95. The minimum atomic E-state index is -0.543. The zero-order chi connectivity index (χ0) is 15.4. The van der Waals surface area contributed by atoms with Gasteiger partial charge in [-0.05, 0) is 25.5 Å². The van der Waals surface area contributed by atoms with Crippen LogP contribution >= 0.6 is 0 Å². The average molecular weight is 293 g/mol. The Kier molecular flexibility index (Phi) is 4.90. The van der Waals surface area contributed by atoms with Gasteiger partial charge in [-0.2, -0.15) is 0 Å². The first-order chi connectivity index (χ1) is 10.0. The molecule has 1 aliphatic rings. The molecule has 0 unspecified atom stereocenters. The van der Waals surface area contributed by atoms with E-state index in [2.05, 4.69) is 0 Å². The van der Waals surface area contributed by atoms with E-state index >= 15 is 0 Å². The molecule has 1 heterocycles. The van der Waals surface area contributed by atoms with E-state index in [9.17, 15) is 14.0 Å². The van der Waals surface area contributed by atoms with Gasteiger partial charge in [-0.15, -0.1) is 0 Å². The number of amides is 2. The van der Waals surface area contributed by atoms with Crippen LogP contribution in [0.2, 0.25) is 0 Å². The van der Waals surface area contributed by atoms with Crippen molar-refractivity contribution in [2.75, 3.05) is 26.2 Å². The molecule has 0 bridgehead atoms. The molecule has 2 N–H and O–H groups in total. The molecule has 1 aromatic rings. The molecule has 2 rings (SSSR count). The molecular weight excluding hydrogens is 273 g/mol.